The van der Waals surface area contributed by atoms with Gasteiger partial charge in [0.05, 0.1) is 27.2 Å². The second kappa shape index (κ2) is 11.4. The molecule has 1 atom stereocenters. The molecule has 162 valence electrons. The number of anilines is 1. The predicted molar refractivity (Wildman–Crippen MR) is 117 cm³/mol. The van der Waals surface area contributed by atoms with E-state index in [9.17, 15) is 4.79 Å². The van der Waals surface area contributed by atoms with Crippen molar-refractivity contribution in [3.8, 4) is 11.5 Å². The Morgan fingerprint density at radius 2 is 1.93 bits per heavy atom. The van der Waals surface area contributed by atoms with Gasteiger partial charge in [-0.15, -0.1) is 0 Å². The molecule has 1 aliphatic heterocycles. The summed E-state index contributed by atoms with van der Waals surface area (Å²) in [6, 6.07) is 10.3. The maximum atomic E-state index is 11.9. The highest BCUT2D eigenvalue weighted by atomic mass is 16.5. The molecule has 1 unspecified atom stereocenters. The van der Waals surface area contributed by atoms with Crippen molar-refractivity contribution in [2.24, 2.45) is 0 Å². The number of hydrogen-bond acceptors (Lipinski definition) is 6. The van der Waals surface area contributed by atoms with Crippen LogP contribution in [0, 0.1) is 0 Å². The van der Waals surface area contributed by atoms with E-state index in [2.05, 4.69) is 28.1 Å². The number of hydrogen-bond donors (Lipinski definition) is 0. The van der Waals surface area contributed by atoms with Crippen LogP contribution in [-0.4, -0.2) is 44.4 Å². The van der Waals surface area contributed by atoms with Crippen molar-refractivity contribution in [3.63, 3.8) is 0 Å². The van der Waals surface area contributed by atoms with Crippen molar-refractivity contribution in [3.05, 3.63) is 48.3 Å². The average molecular weight is 413 g/mol. The summed E-state index contributed by atoms with van der Waals surface area (Å²) in [7, 11) is 3.16. The number of carbonyl (C=O) groups excluding carboxylic acids is 1. The smallest absolute Gasteiger partial charge is 0.307 e. The lowest BCUT2D eigenvalue weighted by Gasteiger charge is -2.37. The van der Waals surface area contributed by atoms with Crippen LogP contribution < -0.4 is 14.4 Å². The monoisotopic (exact) mass is 412 g/mol. The minimum atomic E-state index is -0.149. The van der Waals surface area contributed by atoms with Crippen LogP contribution in [0.5, 0.6) is 11.5 Å². The van der Waals surface area contributed by atoms with Gasteiger partial charge in [-0.05, 0) is 68.4 Å². The lowest BCUT2D eigenvalue weighted by atomic mass is 9.97. The van der Waals surface area contributed by atoms with Gasteiger partial charge in [0.2, 0.25) is 0 Å². The van der Waals surface area contributed by atoms with E-state index in [0.29, 0.717) is 13.0 Å². The third kappa shape index (κ3) is 6.37. The fourth-order valence-corrected chi connectivity index (χ4v) is 3.96. The molecule has 1 aliphatic rings. The van der Waals surface area contributed by atoms with Gasteiger partial charge in [0, 0.05) is 36.7 Å². The first kappa shape index (κ1) is 21.9. The molecule has 1 aromatic carbocycles. The molecule has 6 nitrogen and oxygen atoms in total. The molecule has 0 radical (unpaired) electrons. The Kier molecular flexibility index (Phi) is 8.36. The second-order valence-electron chi connectivity index (χ2n) is 7.65. The van der Waals surface area contributed by atoms with Crippen LogP contribution in [0.25, 0.3) is 0 Å². The van der Waals surface area contributed by atoms with Gasteiger partial charge in [-0.25, -0.2) is 0 Å². The molecule has 0 aliphatic carbocycles. The van der Waals surface area contributed by atoms with Crippen molar-refractivity contribution in [1.82, 2.24) is 4.98 Å². The Morgan fingerprint density at radius 1 is 1.10 bits per heavy atom. The number of aryl methyl sites for hydroxylation is 1. The van der Waals surface area contributed by atoms with E-state index in [1.807, 2.05) is 12.1 Å². The lowest BCUT2D eigenvalue weighted by Crippen LogP contribution is -2.41. The molecule has 1 saturated heterocycles. The minimum absolute atomic E-state index is 0.149. The van der Waals surface area contributed by atoms with E-state index in [1.165, 1.54) is 12.7 Å². The largest absolute Gasteiger partial charge is 0.497 e. The van der Waals surface area contributed by atoms with E-state index in [4.69, 9.17) is 14.2 Å². The molecular weight excluding hydrogens is 380 g/mol. The van der Waals surface area contributed by atoms with Crippen LogP contribution in [0.15, 0.2) is 42.7 Å². The SMILES string of the molecule is COC(=O)CC1CCCCN1c1cc(CCCCOc2ccncc2)cc(OC)c1. The fourth-order valence-electron chi connectivity index (χ4n) is 3.96. The summed E-state index contributed by atoms with van der Waals surface area (Å²) in [6.07, 6.45) is 10.2. The number of rotatable bonds is 10. The highest BCUT2D eigenvalue weighted by molar-refractivity contribution is 5.71. The van der Waals surface area contributed by atoms with E-state index >= 15 is 0 Å². The summed E-state index contributed by atoms with van der Waals surface area (Å²) >= 11 is 0. The summed E-state index contributed by atoms with van der Waals surface area (Å²) in [5.41, 5.74) is 2.38. The van der Waals surface area contributed by atoms with Crippen LogP contribution in [0.3, 0.4) is 0 Å². The molecule has 6 heteroatoms. The van der Waals surface area contributed by atoms with Gasteiger partial charge in [-0.3, -0.25) is 9.78 Å². The lowest BCUT2D eigenvalue weighted by molar-refractivity contribution is -0.141. The number of carbonyl (C=O) groups is 1. The molecule has 1 fully saturated rings. The van der Waals surface area contributed by atoms with E-state index in [1.54, 1.807) is 19.5 Å². The highest BCUT2D eigenvalue weighted by Crippen LogP contribution is 2.31. The first-order valence-corrected chi connectivity index (χ1v) is 10.7. The summed E-state index contributed by atoms with van der Waals surface area (Å²) in [6.45, 7) is 1.64. The van der Waals surface area contributed by atoms with Crippen LogP contribution in [-0.2, 0) is 16.0 Å². The van der Waals surface area contributed by atoms with Crippen molar-refractivity contribution in [2.45, 2.75) is 51.0 Å². The Labute approximate surface area is 179 Å². The van der Waals surface area contributed by atoms with Gasteiger partial charge >= 0.3 is 5.97 Å². The maximum Gasteiger partial charge on any atom is 0.307 e. The normalized spacial score (nSPS) is 16.2. The van der Waals surface area contributed by atoms with Crippen LogP contribution >= 0.6 is 0 Å². The number of nitrogens with zero attached hydrogens (tertiary/aromatic N) is 2. The zero-order valence-corrected chi connectivity index (χ0v) is 18.0. The number of pyridine rings is 1. The molecule has 2 heterocycles. The third-order valence-electron chi connectivity index (χ3n) is 5.55. The van der Waals surface area contributed by atoms with E-state index < -0.39 is 0 Å². The van der Waals surface area contributed by atoms with Gasteiger partial charge in [-0.1, -0.05) is 0 Å². The molecule has 1 aromatic heterocycles. The summed E-state index contributed by atoms with van der Waals surface area (Å²) in [5.74, 6) is 1.57. The Hall–Kier alpha value is -2.76. The fraction of sp³-hybridized carbons (Fsp3) is 0.500. The number of methoxy groups -OCH3 is 2. The Bertz CT molecular complexity index is 797. The molecule has 0 amide bonds. The minimum Gasteiger partial charge on any atom is -0.497 e. The van der Waals surface area contributed by atoms with Crippen LogP contribution in [0.2, 0.25) is 0 Å². The van der Waals surface area contributed by atoms with E-state index in [-0.39, 0.29) is 12.0 Å². The molecule has 3 rings (SSSR count). The molecule has 2 aromatic rings. The van der Waals surface area contributed by atoms with Gasteiger partial charge in [0.15, 0.2) is 0 Å². The number of esters is 1. The van der Waals surface area contributed by atoms with Crippen molar-refractivity contribution < 1.29 is 19.0 Å². The second-order valence-corrected chi connectivity index (χ2v) is 7.65. The van der Waals surface area contributed by atoms with Crippen molar-refractivity contribution >= 4 is 11.7 Å². The molecular formula is C24H32N2O4. The standard InChI is InChI=1S/C24H32N2O4/c1-28-23-16-19(7-4-6-14-30-22-9-11-25-12-10-22)15-21(17-23)26-13-5-3-8-20(26)18-24(27)29-2/h9-12,15-17,20H,3-8,13-14,18H2,1-2H3. The maximum absolute atomic E-state index is 11.9. The summed E-state index contributed by atoms with van der Waals surface area (Å²) in [5, 5.41) is 0. The first-order valence-electron chi connectivity index (χ1n) is 10.7. The third-order valence-corrected chi connectivity index (χ3v) is 5.55. The van der Waals surface area contributed by atoms with Gasteiger partial charge in [0.25, 0.3) is 0 Å². The number of unbranched alkanes of at least 4 members (excludes halogenated alkanes) is 1. The number of benzene rings is 1. The number of ether oxygens (including phenoxy) is 3. The molecule has 30 heavy (non-hydrogen) atoms. The summed E-state index contributed by atoms with van der Waals surface area (Å²) < 4.78 is 16.2. The summed E-state index contributed by atoms with van der Waals surface area (Å²) in [4.78, 5) is 18.2. The number of aromatic nitrogens is 1. The number of piperidine rings is 1. The topological polar surface area (TPSA) is 60.9 Å². The van der Waals surface area contributed by atoms with Crippen LogP contribution in [0.4, 0.5) is 5.69 Å². The predicted octanol–water partition coefficient (Wildman–Crippen LogP) is 4.41. The quantitative estimate of drug-likeness (QED) is 0.425. The zero-order valence-electron chi connectivity index (χ0n) is 18.0. The molecule has 0 saturated carbocycles. The van der Waals surface area contributed by atoms with Crippen LogP contribution in [0.1, 0.15) is 44.1 Å². The highest BCUT2D eigenvalue weighted by Gasteiger charge is 2.26. The van der Waals surface area contributed by atoms with Gasteiger partial charge in [-0.2, -0.15) is 0 Å². The van der Waals surface area contributed by atoms with Gasteiger partial charge < -0.3 is 19.1 Å². The zero-order chi connectivity index (χ0) is 21.2. The first-order chi connectivity index (χ1) is 14.7. The molecule has 0 N–H and O–H groups in total. The Balaban J connectivity index is 1.60. The molecule has 0 bridgehead atoms. The molecule has 0 spiro atoms. The Morgan fingerprint density at radius 3 is 2.70 bits per heavy atom. The van der Waals surface area contributed by atoms with Gasteiger partial charge in [0.1, 0.15) is 11.5 Å². The van der Waals surface area contributed by atoms with Crippen molar-refractivity contribution in [1.29, 1.82) is 0 Å². The van der Waals surface area contributed by atoms with Crippen molar-refractivity contribution in [2.75, 3.05) is 32.3 Å². The van der Waals surface area contributed by atoms with E-state index in [0.717, 1.165) is 62.3 Å². The average Bonchev–Trinajstić information content (AvgIpc) is 2.79.